The third-order valence-corrected chi connectivity index (χ3v) is 3.83. The Morgan fingerprint density at radius 3 is 2.24 bits per heavy atom. The fourth-order valence-corrected chi connectivity index (χ4v) is 2.29. The first-order chi connectivity index (χ1) is 9.54. The van der Waals surface area contributed by atoms with Gasteiger partial charge in [-0.2, -0.15) is 13.2 Å². The topological polar surface area (TPSA) is 12.0 Å². The second-order valence-corrected chi connectivity index (χ2v) is 6.75. The highest BCUT2D eigenvalue weighted by Gasteiger charge is 2.31. The molecule has 21 heavy (non-hydrogen) atoms. The summed E-state index contributed by atoms with van der Waals surface area (Å²) in [5.74, 6) is 0.403. The quantitative estimate of drug-likeness (QED) is 0.786. The van der Waals surface area contributed by atoms with Gasteiger partial charge < -0.3 is 5.32 Å². The predicted octanol–water partition coefficient (Wildman–Crippen LogP) is 5.22. The van der Waals surface area contributed by atoms with Gasteiger partial charge in [0.1, 0.15) is 0 Å². The molecular weight excluding hydrogens is 275 g/mol. The van der Waals surface area contributed by atoms with Gasteiger partial charge in [-0.15, -0.1) is 0 Å². The van der Waals surface area contributed by atoms with Crippen LogP contribution in [-0.4, -0.2) is 12.1 Å². The van der Waals surface area contributed by atoms with Crippen LogP contribution in [0, 0.1) is 5.92 Å². The minimum absolute atomic E-state index is 0.0483. The molecule has 0 aliphatic carbocycles. The second-order valence-electron chi connectivity index (χ2n) is 6.75. The SMILES string of the molecule is CCC(C)C(CNC(C)(C)C)c1cccc(C(F)(F)F)c1. The molecule has 1 aromatic rings. The van der Waals surface area contributed by atoms with Crippen molar-refractivity contribution in [2.45, 2.75) is 58.7 Å². The van der Waals surface area contributed by atoms with Gasteiger partial charge in [-0.3, -0.25) is 0 Å². The Morgan fingerprint density at radius 2 is 1.76 bits per heavy atom. The van der Waals surface area contributed by atoms with E-state index in [9.17, 15) is 13.2 Å². The zero-order valence-corrected chi connectivity index (χ0v) is 13.5. The smallest absolute Gasteiger partial charge is 0.311 e. The van der Waals surface area contributed by atoms with Crippen LogP contribution in [-0.2, 0) is 6.18 Å². The van der Waals surface area contributed by atoms with Gasteiger partial charge in [-0.1, -0.05) is 38.5 Å². The number of benzene rings is 1. The van der Waals surface area contributed by atoms with Crippen molar-refractivity contribution in [1.82, 2.24) is 5.32 Å². The van der Waals surface area contributed by atoms with Gasteiger partial charge >= 0.3 is 6.18 Å². The molecule has 4 heteroatoms. The third kappa shape index (κ3) is 5.70. The molecule has 0 bridgehead atoms. The Labute approximate surface area is 125 Å². The number of alkyl halides is 3. The summed E-state index contributed by atoms with van der Waals surface area (Å²) >= 11 is 0. The van der Waals surface area contributed by atoms with Gasteiger partial charge in [-0.05, 0) is 44.2 Å². The average Bonchev–Trinajstić information content (AvgIpc) is 2.36. The van der Waals surface area contributed by atoms with Crippen molar-refractivity contribution in [1.29, 1.82) is 0 Å². The Kier molecular flexibility index (Phi) is 5.85. The summed E-state index contributed by atoms with van der Waals surface area (Å²) in [5.41, 5.74) is 0.146. The molecule has 1 N–H and O–H groups in total. The number of hydrogen-bond acceptors (Lipinski definition) is 1. The zero-order valence-electron chi connectivity index (χ0n) is 13.5. The molecule has 0 fully saturated rings. The molecule has 0 spiro atoms. The van der Waals surface area contributed by atoms with Crippen molar-refractivity contribution < 1.29 is 13.2 Å². The van der Waals surface area contributed by atoms with E-state index in [-0.39, 0.29) is 11.5 Å². The van der Waals surface area contributed by atoms with Crippen LogP contribution in [0.25, 0.3) is 0 Å². The van der Waals surface area contributed by atoms with Crippen LogP contribution in [0.2, 0.25) is 0 Å². The molecule has 1 aromatic carbocycles. The number of nitrogens with one attached hydrogen (secondary N) is 1. The summed E-state index contributed by atoms with van der Waals surface area (Å²) in [7, 11) is 0. The maximum absolute atomic E-state index is 12.9. The first-order valence-electron chi connectivity index (χ1n) is 7.46. The van der Waals surface area contributed by atoms with Crippen LogP contribution in [0.4, 0.5) is 13.2 Å². The van der Waals surface area contributed by atoms with Gasteiger partial charge in [0.25, 0.3) is 0 Å². The zero-order chi connectivity index (χ0) is 16.3. The lowest BCUT2D eigenvalue weighted by Gasteiger charge is -2.29. The molecule has 1 rings (SSSR count). The first kappa shape index (κ1) is 18.0. The van der Waals surface area contributed by atoms with Crippen LogP contribution in [0.5, 0.6) is 0 Å². The molecule has 0 aliphatic rings. The minimum atomic E-state index is -4.28. The monoisotopic (exact) mass is 301 g/mol. The fourth-order valence-electron chi connectivity index (χ4n) is 2.29. The minimum Gasteiger partial charge on any atom is -0.311 e. The van der Waals surface area contributed by atoms with E-state index in [1.807, 2.05) is 0 Å². The maximum Gasteiger partial charge on any atom is 0.416 e. The molecule has 0 aromatic heterocycles. The molecule has 0 saturated carbocycles. The Balaban J connectivity index is 3.03. The van der Waals surface area contributed by atoms with Crippen molar-refractivity contribution in [2.75, 3.05) is 6.54 Å². The molecule has 0 amide bonds. The summed E-state index contributed by atoms with van der Waals surface area (Å²) < 4.78 is 38.6. The lowest BCUT2D eigenvalue weighted by atomic mass is 9.84. The van der Waals surface area contributed by atoms with Gasteiger partial charge in [0, 0.05) is 12.1 Å². The summed E-state index contributed by atoms with van der Waals surface area (Å²) in [4.78, 5) is 0. The predicted molar refractivity (Wildman–Crippen MR) is 81.4 cm³/mol. The highest BCUT2D eigenvalue weighted by molar-refractivity contribution is 5.29. The molecule has 120 valence electrons. The summed E-state index contributed by atoms with van der Waals surface area (Å²) in [6.45, 7) is 11.0. The molecule has 0 heterocycles. The van der Waals surface area contributed by atoms with Crippen molar-refractivity contribution in [2.24, 2.45) is 5.92 Å². The van der Waals surface area contributed by atoms with Gasteiger partial charge in [0.15, 0.2) is 0 Å². The summed E-state index contributed by atoms with van der Waals surface area (Å²) in [6.07, 6.45) is -3.35. The Hall–Kier alpha value is -1.03. The van der Waals surface area contributed by atoms with Gasteiger partial charge in [0.05, 0.1) is 5.56 Å². The molecule has 2 unspecified atom stereocenters. The van der Waals surface area contributed by atoms with E-state index in [1.165, 1.54) is 12.1 Å². The largest absolute Gasteiger partial charge is 0.416 e. The maximum atomic E-state index is 12.9. The van der Waals surface area contributed by atoms with Gasteiger partial charge in [-0.25, -0.2) is 0 Å². The number of rotatable bonds is 5. The fraction of sp³-hybridized carbons (Fsp3) is 0.647. The van der Waals surface area contributed by atoms with E-state index < -0.39 is 11.7 Å². The first-order valence-corrected chi connectivity index (χ1v) is 7.46. The molecule has 2 atom stereocenters. The van der Waals surface area contributed by atoms with Crippen LogP contribution < -0.4 is 5.32 Å². The number of halogens is 3. The molecule has 0 saturated heterocycles. The summed E-state index contributed by atoms with van der Waals surface area (Å²) in [5, 5.41) is 3.41. The lowest BCUT2D eigenvalue weighted by Crippen LogP contribution is -2.39. The molecule has 0 radical (unpaired) electrons. The normalized spacial score (nSPS) is 15.8. The van der Waals surface area contributed by atoms with Crippen LogP contribution in [0.1, 0.15) is 58.1 Å². The van der Waals surface area contributed by atoms with Crippen LogP contribution in [0.15, 0.2) is 24.3 Å². The molecular formula is C17H26F3N. The number of hydrogen-bond donors (Lipinski definition) is 1. The standard InChI is InChI=1S/C17H26F3N/c1-6-12(2)15(11-21-16(3,4)5)13-8-7-9-14(10-13)17(18,19)20/h7-10,12,15,21H,6,11H2,1-5H3. The highest BCUT2D eigenvalue weighted by atomic mass is 19.4. The van der Waals surface area contributed by atoms with Crippen LogP contribution >= 0.6 is 0 Å². The molecule has 1 nitrogen and oxygen atoms in total. The average molecular weight is 301 g/mol. The van der Waals surface area contributed by atoms with E-state index in [0.717, 1.165) is 18.1 Å². The van der Waals surface area contributed by atoms with Crippen molar-refractivity contribution >= 4 is 0 Å². The van der Waals surface area contributed by atoms with Crippen molar-refractivity contribution in [3.63, 3.8) is 0 Å². The second kappa shape index (κ2) is 6.82. The summed E-state index contributed by atoms with van der Waals surface area (Å²) in [6, 6.07) is 5.73. The van der Waals surface area contributed by atoms with E-state index in [0.29, 0.717) is 12.5 Å². The Bertz CT molecular complexity index is 446. The van der Waals surface area contributed by atoms with E-state index in [4.69, 9.17) is 0 Å². The van der Waals surface area contributed by atoms with E-state index >= 15 is 0 Å². The molecule has 0 aliphatic heterocycles. The van der Waals surface area contributed by atoms with Crippen molar-refractivity contribution in [3.05, 3.63) is 35.4 Å². The lowest BCUT2D eigenvalue weighted by molar-refractivity contribution is -0.137. The van der Waals surface area contributed by atoms with Gasteiger partial charge in [0.2, 0.25) is 0 Å². The van der Waals surface area contributed by atoms with Crippen molar-refractivity contribution in [3.8, 4) is 0 Å². The highest BCUT2D eigenvalue weighted by Crippen LogP contribution is 2.33. The van der Waals surface area contributed by atoms with Crippen LogP contribution in [0.3, 0.4) is 0 Å². The third-order valence-electron chi connectivity index (χ3n) is 3.83. The van der Waals surface area contributed by atoms with E-state index in [1.54, 1.807) is 6.07 Å². The Morgan fingerprint density at radius 1 is 1.14 bits per heavy atom. The van der Waals surface area contributed by atoms with E-state index in [2.05, 4.69) is 39.9 Å².